The molecule has 0 spiro atoms. The minimum Gasteiger partial charge on any atom is -0.395 e. The summed E-state index contributed by atoms with van der Waals surface area (Å²) >= 11 is 0. The van der Waals surface area contributed by atoms with Crippen LogP contribution < -0.4 is 0 Å². The van der Waals surface area contributed by atoms with Gasteiger partial charge in [-0.05, 0) is 35.1 Å². The summed E-state index contributed by atoms with van der Waals surface area (Å²) < 4.78 is 20.0. The summed E-state index contributed by atoms with van der Waals surface area (Å²) in [6.07, 6.45) is 4.72. The first-order valence-corrected chi connectivity index (χ1v) is 14.2. The molecule has 214 valence electrons. The van der Waals surface area contributed by atoms with Gasteiger partial charge >= 0.3 is 0 Å². The van der Waals surface area contributed by atoms with E-state index in [0.29, 0.717) is 13.2 Å². The normalized spacial score (nSPS) is 10.7. The predicted octanol–water partition coefficient (Wildman–Crippen LogP) is 7.74. The third-order valence-electron chi connectivity index (χ3n) is 5.29. The van der Waals surface area contributed by atoms with E-state index in [1.54, 1.807) is 14.2 Å². The zero-order chi connectivity index (χ0) is 28.2. The van der Waals surface area contributed by atoms with Gasteiger partial charge in [0.25, 0.3) is 0 Å². The van der Waals surface area contributed by atoms with Crippen LogP contribution in [-0.2, 0) is 18.9 Å². The zero-order valence-electron chi connectivity index (χ0n) is 25.1. The highest BCUT2D eigenvalue weighted by Crippen LogP contribution is 2.43. The van der Waals surface area contributed by atoms with Crippen molar-refractivity contribution in [2.75, 3.05) is 60.5 Å². The average molecular weight is 521 g/mol. The van der Waals surface area contributed by atoms with Crippen molar-refractivity contribution in [3.05, 3.63) is 59.7 Å². The molecule has 0 fully saturated rings. The highest BCUT2D eigenvalue weighted by atomic mass is 16.5. The molecule has 5 heteroatoms. The van der Waals surface area contributed by atoms with E-state index in [2.05, 4.69) is 50.2 Å². The lowest BCUT2D eigenvalue weighted by Crippen LogP contribution is -2.02. The number of hydrogen-bond donors (Lipinski definition) is 1. The highest BCUT2D eigenvalue weighted by molar-refractivity contribution is 5.78. The Morgan fingerprint density at radius 1 is 0.595 bits per heavy atom. The highest BCUT2D eigenvalue weighted by Gasteiger charge is 2.26. The lowest BCUT2D eigenvalue weighted by atomic mass is 9.98. The van der Waals surface area contributed by atoms with Gasteiger partial charge < -0.3 is 24.1 Å². The molecular formula is C32H56O5. The molecule has 0 bridgehead atoms. The molecule has 0 atom stereocenters. The molecule has 5 nitrogen and oxygen atoms in total. The maximum atomic E-state index is 9.46. The Morgan fingerprint density at radius 3 is 1.30 bits per heavy atom. The summed E-state index contributed by atoms with van der Waals surface area (Å²) in [6, 6.07) is 16.6. The number of hydrogen-bond acceptors (Lipinski definition) is 5. The van der Waals surface area contributed by atoms with Crippen LogP contribution in [0, 0.1) is 0 Å². The van der Waals surface area contributed by atoms with Gasteiger partial charge in [0.05, 0.1) is 33.0 Å². The van der Waals surface area contributed by atoms with Crippen LogP contribution in [0.25, 0.3) is 11.1 Å². The first kappa shape index (κ1) is 37.4. The number of aliphatic hydroxyl groups is 1. The smallest absolute Gasteiger partial charge is 0.0700 e. The zero-order valence-corrected chi connectivity index (χ0v) is 25.1. The first-order valence-electron chi connectivity index (χ1n) is 14.2. The second-order valence-corrected chi connectivity index (χ2v) is 7.83. The van der Waals surface area contributed by atoms with Crippen LogP contribution in [0.15, 0.2) is 48.5 Å². The Hall–Kier alpha value is -1.76. The van der Waals surface area contributed by atoms with Gasteiger partial charge in [0.1, 0.15) is 0 Å². The van der Waals surface area contributed by atoms with Gasteiger partial charge in [0.2, 0.25) is 0 Å². The van der Waals surface area contributed by atoms with Crippen molar-refractivity contribution >= 4 is 0 Å². The van der Waals surface area contributed by atoms with Crippen molar-refractivity contribution < 1.29 is 24.1 Å². The van der Waals surface area contributed by atoms with Gasteiger partial charge in [-0.15, -0.1) is 0 Å². The molecule has 1 aliphatic carbocycles. The molecule has 0 saturated heterocycles. The van der Waals surface area contributed by atoms with E-state index in [4.69, 9.17) is 18.9 Å². The van der Waals surface area contributed by atoms with Crippen LogP contribution in [0.5, 0.6) is 0 Å². The first-order chi connectivity index (χ1) is 18.2. The lowest BCUT2D eigenvalue weighted by molar-refractivity contribution is 0.0692. The molecule has 0 heterocycles. The van der Waals surface area contributed by atoms with E-state index in [9.17, 15) is 5.11 Å². The third kappa shape index (κ3) is 16.6. The van der Waals surface area contributed by atoms with Crippen molar-refractivity contribution in [1.29, 1.82) is 0 Å². The maximum absolute atomic E-state index is 9.46. The second-order valence-electron chi connectivity index (χ2n) is 7.83. The number of unbranched alkanes of at least 4 members (excludes halogenated alkanes) is 2. The largest absolute Gasteiger partial charge is 0.395 e. The number of aliphatic hydroxyl groups excluding tert-OH is 1. The monoisotopic (exact) mass is 520 g/mol. The molecule has 0 aromatic heterocycles. The topological polar surface area (TPSA) is 57.2 Å². The van der Waals surface area contributed by atoms with Crippen LogP contribution in [0.2, 0.25) is 0 Å². The van der Waals surface area contributed by atoms with Gasteiger partial charge in [0, 0.05) is 33.4 Å². The molecule has 0 aliphatic heterocycles. The Kier molecular flexibility index (Phi) is 29.1. The average Bonchev–Trinajstić information content (AvgIpc) is 3.29. The van der Waals surface area contributed by atoms with Crippen LogP contribution in [-0.4, -0.2) is 65.6 Å². The molecule has 2 aromatic carbocycles. The molecule has 2 aromatic rings. The quantitative estimate of drug-likeness (QED) is 0.274. The molecule has 0 unspecified atom stereocenters. The van der Waals surface area contributed by atoms with Crippen molar-refractivity contribution in [3.63, 3.8) is 0 Å². The third-order valence-corrected chi connectivity index (χ3v) is 5.29. The van der Waals surface area contributed by atoms with Gasteiger partial charge in [-0.1, -0.05) is 103 Å². The number of fused-ring (bicyclic) bond motifs is 3. The summed E-state index contributed by atoms with van der Waals surface area (Å²) in [5.74, 6) is 0.164. The fraction of sp³-hybridized carbons (Fsp3) is 0.625. The Bertz CT molecular complexity index is 648. The minimum absolute atomic E-state index is 0.164. The van der Waals surface area contributed by atoms with E-state index in [-0.39, 0.29) is 12.5 Å². The minimum atomic E-state index is 0.164. The number of methoxy groups -OCH3 is 2. The molecule has 3 rings (SSSR count). The number of rotatable bonds is 13. The lowest BCUT2D eigenvalue weighted by Gasteiger charge is -2.08. The maximum Gasteiger partial charge on any atom is 0.0700 e. The van der Waals surface area contributed by atoms with E-state index in [1.807, 2.05) is 39.8 Å². The molecule has 1 N–H and O–H groups in total. The van der Waals surface area contributed by atoms with Crippen molar-refractivity contribution in [1.82, 2.24) is 0 Å². The van der Waals surface area contributed by atoms with Gasteiger partial charge in [-0.25, -0.2) is 0 Å². The molecule has 0 saturated carbocycles. The van der Waals surface area contributed by atoms with Crippen molar-refractivity contribution in [2.45, 2.75) is 73.1 Å². The van der Waals surface area contributed by atoms with Crippen LogP contribution in [0.3, 0.4) is 0 Å². The van der Waals surface area contributed by atoms with Gasteiger partial charge in [-0.2, -0.15) is 0 Å². The van der Waals surface area contributed by atoms with Gasteiger partial charge in [0.15, 0.2) is 0 Å². The van der Waals surface area contributed by atoms with Crippen LogP contribution in [0.4, 0.5) is 0 Å². The fourth-order valence-corrected chi connectivity index (χ4v) is 3.44. The van der Waals surface area contributed by atoms with Crippen LogP contribution >= 0.6 is 0 Å². The summed E-state index contributed by atoms with van der Waals surface area (Å²) in [5, 5.41) is 9.46. The summed E-state index contributed by atoms with van der Waals surface area (Å²) in [4.78, 5) is 0. The number of benzene rings is 2. The molecule has 37 heavy (non-hydrogen) atoms. The second kappa shape index (κ2) is 28.8. The summed E-state index contributed by atoms with van der Waals surface area (Å²) in [5.41, 5.74) is 5.04. The Labute approximate surface area is 228 Å². The fourth-order valence-electron chi connectivity index (χ4n) is 3.44. The molecule has 1 aliphatic rings. The number of ether oxygens (including phenoxy) is 4. The van der Waals surface area contributed by atoms with Crippen LogP contribution in [0.1, 0.15) is 84.3 Å². The standard InChI is InChI=1S/C14H12O.2C7H16O2.2C2H6/c15-9-14-12-7-3-1-5-10(12)11-6-2-4-8-13(11)14;2*1-3-4-5-9-7-6-8-2;2*1-2/h1-8,14-15H,9H2;2*3-7H2,1-2H3;2*1-2H3. The van der Waals surface area contributed by atoms with Crippen molar-refractivity contribution in [3.8, 4) is 11.1 Å². The molecular weight excluding hydrogens is 464 g/mol. The Morgan fingerprint density at radius 2 is 0.973 bits per heavy atom. The van der Waals surface area contributed by atoms with Crippen molar-refractivity contribution in [2.24, 2.45) is 0 Å². The van der Waals surface area contributed by atoms with E-state index < -0.39 is 0 Å². The SMILES string of the molecule is CC.CC.CCCCOCCOC.CCCCOCCOC.OCC1c2ccccc2-c2ccccc21. The van der Waals surface area contributed by atoms with E-state index in [0.717, 1.165) is 39.3 Å². The summed E-state index contributed by atoms with van der Waals surface area (Å²) in [6.45, 7) is 17.1. The van der Waals surface area contributed by atoms with E-state index in [1.165, 1.54) is 35.1 Å². The summed E-state index contributed by atoms with van der Waals surface area (Å²) in [7, 11) is 3.37. The van der Waals surface area contributed by atoms with E-state index >= 15 is 0 Å². The van der Waals surface area contributed by atoms with Gasteiger partial charge in [-0.3, -0.25) is 0 Å². The molecule has 0 radical (unpaired) electrons. The Balaban J connectivity index is 0. The molecule has 0 amide bonds. The predicted molar refractivity (Wildman–Crippen MR) is 159 cm³/mol.